The SMILES string of the molecule is CCCCCCCCCCCCCCCC[N+](C)(C)OC(C)=O. The molecule has 0 aromatic rings. The lowest BCUT2D eigenvalue weighted by molar-refractivity contribution is -1.06. The summed E-state index contributed by atoms with van der Waals surface area (Å²) in [4.78, 5) is 16.2. The molecule has 23 heavy (non-hydrogen) atoms. The molecule has 0 aromatic carbocycles. The van der Waals surface area contributed by atoms with Gasteiger partial charge in [-0.25, -0.2) is 4.79 Å². The van der Waals surface area contributed by atoms with Crippen LogP contribution in [0, 0.1) is 0 Å². The van der Waals surface area contributed by atoms with Crippen molar-refractivity contribution in [2.24, 2.45) is 0 Å². The normalized spacial score (nSPS) is 11.7. The molecule has 0 atom stereocenters. The van der Waals surface area contributed by atoms with Gasteiger partial charge in [0.25, 0.3) is 0 Å². The molecule has 0 N–H and O–H groups in total. The molecule has 0 aliphatic carbocycles. The Morgan fingerprint density at radius 3 is 1.39 bits per heavy atom. The molecule has 0 saturated heterocycles. The van der Waals surface area contributed by atoms with Crippen LogP contribution in [0.2, 0.25) is 0 Å². The fourth-order valence-electron chi connectivity index (χ4n) is 3.08. The summed E-state index contributed by atoms with van der Waals surface area (Å²) >= 11 is 0. The Balaban J connectivity index is 3.20. The van der Waals surface area contributed by atoms with Crippen molar-refractivity contribution in [1.29, 1.82) is 0 Å². The summed E-state index contributed by atoms with van der Waals surface area (Å²) < 4.78 is 0.355. The number of hydroxylamine groups is 3. The van der Waals surface area contributed by atoms with Crippen molar-refractivity contribution in [1.82, 2.24) is 0 Å². The first-order valence-electron chi connectivity index (χ1n) is 10.0. The molecule has 0 amide bonds. The Morgan fingerprint density at radius 1 is 0.696 bits per heavy atom. The second-order valence-corrected chi connectivity index (χ2v) is 7.48. The topological polar surface area (TPSA) is 26.3 Å². The van der Waals surface area contributed by atoms with Crippen LogP contribution >= 0.6 is 0 Å². The third-order valence-corrected chi connectivity index (χ3v) is 4.43. The average molecular weight is 329 g/mol. The fourth-order valence-corrected chi connectivity index (χ4v) is 3.08. The van der Waals surface area contributed by atoms with Crippen LogP contribution in [0.3, 0.4) is 0 Å². The predicted octanol–water partition coefficient (Wildman–Crippen LogP) is 6.02. The maximum absolute atomic E-state index is 11.0. The van der Waals surface area contributed by atoms with Crippen LogP contribution in [0.5, 0.6) is 0 Å². The zero-order valence-electron chi connectivity index (χ0n) is 16.4. The van der Waals surface area contributed by atoms with Crippen LogP contribution in [-0.2, 0) is 9.63 Å². The van der Waals surface area contributed by atoms with Gasteiger partial charge in [-0.2, -0.15) is 0 Å². The van der Waals surface area contributed by atoms with Crippen molar-refractivity contribution in [2.75, 3.05) is 20.6 Å². The van der Waals surface area contributed by atoms with Crippen molar-refractivity contribution in [3.05, 3.63) is 0 Å². The van der Waals surface area contributed by atoms with E-state index in [4.69, 9.17) is 4.84 Å². The minimum Gasteiger partial charge on any atom is -0.277 e. The van der Waals surface area contributed by atoms with E-state index in [1.54, 1.807) is 0 Å². The highest BCUT2D eigenvalue weighted by molar-refractivity contribution is 5.65. The van der Waals surface area contributed by atoms with Crippen LogP contribution in [0.25, 0.3) is 0 Å². The smallest absolute Gasteiger partial charge is 0.277 e. The summed E-state index contributed by atoms with van der Waals surface area (Å²) in [5, 5.41) is 0. The van der Waals surface area contributed by atoms with Crippen LogP contribution in [0.15, 0.2) is 0 Å². The minimum atomic E-state index is -0.194. The van der Waals surface area contributed by atoms with Crippen molar-refractivity contribution < 1.29 is 14.3 Å². The number of rotatable bonds is 16. The van der Waals surface area contributed by atoms with Gasteiger partial charge in [-0.15, -0.1) is 4.65 Å². The van der Waals surface area contributed by atoms with E-state index < -0.39 is 0 Å². The highest BCUT2D eigenvalue weighted by atomic mass is 16.7. The molecule has 3 heteroatoms. The maximum Gasteiger partial charge on any atom is 0.363 e. The lowest BCUT2D eigenvalue weighted by atomic mass is 10.0. The molecule has 0 aliphatic heterocycles. The average Bonchev–Trinajstić information content (AvgIpc) is 2.46. The molecule has 0 heterocycles. The molecule has 0 unspecified atom stereocenters. The van der Waals surface area contributed by atoms with E-state index in [9.17, 15) is 4.79 Å². The largest absolute Gasteiger partial charge is 0.363 e. The van der Waals surface area contributed by atoms with Gasteiger partial charge in [0.1, 0.15) is 20.6 Å². The summed E-state index contributed by atoms with van der Waals surface area (Å²) in [6.07, 6.45) is 19.2. The number of unbranched alkanes of at least 4 members (excludes halogenated alkanes) is 13. The van der Waals surface area contributed by atoms with E-state index in [1.807, 2.05) is 14.1 Å². The maximum atomic E-state index is 11.0. The first-order valence-corrected chi connectivity index (χ1v) is 10.0. The molecule has 0 fully saturated rings. The first kappa shape index (κ1) is 22.4. The molecular formula is C20H42NO2+. The Bertz CT molecular complexity index is 277. The molecule has 0 bridgehead atoms. The number of quaternary nitrogens is 1. The number of carbonyl (C=O) groups is 1. The molecule has 3 nitrogen and oxygen atoms in total. The van der Waals surface area contributed by atoms with E-state index in [2.05, 4.69) is 6.92 Å². The Hall–Kier alpha value is -0.570. The van der Waals surface area contributed by atoms with Gasteiger partial charge in [-0.3, -0.25) is 4.84 Å². The van der Waals surface area contributed by atoms with Crippen LogP contribution < -0.4 is 0 Å². The van der Waals surface area contributed by atoms with Gasteiger partial charge in [0.05, 0.1) is 0 Å². The van der Waals surface area contributed by atoms with E-state index in [0.717, 1.165) is 13.0 Å². The zero-order chi connectivity index (χ0) is 17.4. The Morgan fingerprint density at radius 2 is 1.04 bits per heavy atom. The monoisotopic (exact) mass is 328 g/mol. The highest BCUT2D eigenvalue weighted by Crippen LogP contribution is 2.13. The number of hydrogen-bond acceptors (Lipinski definition) is 2. The van der Waals surface area contributed by atoms with E-state index in [1.165, 1.54) is 90.4 Å². The zero-order valence-corrected chi connectivity index (χ0v) is 16.4. The van der Waals surface area contributed by atoms with Crippen molar-refractivity contribution in [3.63, 3.8) is 0 Å². The minimum absolute atomic E-state index is 0.194. The van der Waals surface area contributed by atoms with E-state index in [0.29, 0.717) is 4.65 Å². The van der Waals surface area contributed by atoms with Gasteiger partial charge in [0, 0.05) is 13.3 Å². The van der Waals surface area contributed by atoms with E-state index >= 15 is 0 Å². The molecule has 138 valence electrons. The molecule has 0 aliphatic rings. The quantitative estimate of drug-likeness (QED) is 0.197. The van der Waals surface area contributed by atoms with Gasteiger partial charge in [0.15, 0.2) is 0 Å². The lowest BCUT2D eigenvalue weighted by Crippen LogP contribution is -2.41. The van der Waals surface area contributed by atoms with E-state index in [-0.39, 0.29) is 5.97 Å². The molecule has 0 radical (unpaired) electrons. The number of carbonyl (C=O) groups excluding carboxylic acids is 1. The van der Waals surface area contributed by atoms with Crippen LogP contribution in [0.1, 0.15) is 104 Å². The summed E-state index contributed by atoms with van der Waals surface area (Å²) in [5.41, 5.74) is 0. The van der Waals surface area contributed by atoms with Gasteiger partial charge < -0.3 is 0 Å². The number of hydrogen-bond donors (Lipinski definition) is 0. The van der Waals surface area contributed by atoms with Crippen molar-refractivity contribution >= 4 is 5.97 Å². The predicted molar refractivity (Wildman–Crippen MR) is 99.1 cm³/mol. The summed E-state index contributed by atoms with van der Waals surface area (Å²) in [7, 11) is 3.90. The summed E-state index contributed by atoms with van der Waals surface area (Å²) in [6.45, 7) is 4.67. The fraction of sp³-hybridized carbons (Fsp3) is 0.950. The van der Waals surface area contributed by atoms with Gasteiger partial charge >= 0.3 is 5.97 Å². The molecule has 0 rings (SSSR count). The number of nitrogens with zero attached hydrogens (tertiary/aromatic N) is 1. The molecule has 0 saturated carbocycles. The summed E-state index contributed by atoms with van der Waals surface area (Å²) in [6, 6.07) is 0. The van der Waals surface area contributed by atoms with Crippen LogP contribution in [0.4, 0.5) is 0 Å². The van der Waals surface area contributed by atoms with Crippen molar-refractivity contribution in [3.8, 4) is 0 Å². The third kappa shape index (κ3) is 17.6. The second kappa shape index (κ2) is 15.0. The van der Waals surface area contributed by atoms with Crippen molar-refractivity contribution in [2.45, 2.75) is 104 Å². The van der Waals surface area contributed by atoms with Gasteiger partial charge in [-0.1, -0.05) is 84.0 Å². The molecule has 0 spiro atoms. The van der Waals surface area contributed by atoms with Crippen LogP contribution in [-0.4, -0.2) is 31.3 Å². The highest BCUT2D eigenvalue weighted by Gasteiger charge is 2.18. The standard InChI is InChI=1S/C20H42NO2/c1-5-6-7-8-9-10-11-12-13-14-15-16-17-18-19-21(3,4)23-20(2)22/h5-19H2,1-4H3/q+1. The first-order chi connectivity index (χ1) is 11.0. The Labute approximate surface area is 145 Å². The Kier molecular flexibility index (Phi) is 14.6. The van der Waals surface area contributed by atoms with Gasteiger partial charge in [0.2, 0.25) is 0 Å². The van der Waals surface area contributed by atoms with Gasteiger partial charge in [-0.05, 0) is 6.42 Å². The second-order valence-electron chi connectivity index (χ2n) is 7.48. The lowest BCUT2D eigenvalue weighted by Gasteiger charge is -2.25. The summed E-state index contributed by atoms with van der Waals surface area (Å²) in [5.74, 6) is -0.194. The molecule has 0 aromatic heterocycles. The molecular weight excluding hydrogens is 286 g/mol. The third-order valence-electron chi connectivity index (χ3n) is 4.43.